The normalized spacial score (nSPS) is 11.1. The van der Waals surface area contributed by atoms with Crippen molar-refractivity contribution >= 4 is 21.6 Å². The maximum absolute atomic E-state index is 5.90. The molecule has 6 heteroatoms. The number of nitrogens with zero attached hydrogens (tertiary/aromatic N) is 3. The fourth-order valence-corrected chi connectivity index (χ4v) is 1.86. The van der Waals surface area contributed by atoms with Crippen molar-refractivity contribution in [2.24, 2.45) is 0 Å². The van der Waals surface area contributed by atoms with E-state index < -0.39 is 0 Å². The Hall–Kier alpha value is -1.40. The monoisotopic (exact) mass is 310 g/mol. The van der Waals surface area contributed by atoms with Gasteiger partial charge in [-0.15, -0.1) is 0 Å². The van der Waals surface area contributed by atoms with Crippen LogP contribution in [0.3, 0.4) is 0 Å². The predicted octanol–water partition coefficient (Wildman–Crippen LogP) is 2.19. The zero-order chi connectivity index (χ0) is 13.1. The van der Waals surface area contributed by atoms with E-state index in [-0.39, 0.29) is 0 Å². The molecule has 0 radical (unpaired) electrons. The van der Waals surface area contributed by atoms with E-state index in [0.717, 1.165) is 23.0 Å². The second-order valence-electron chi connectivity index (χ2n) is 4.30. The summed E-state index contributed by atoms with van der Waals surface area (Å²) in [4.78, 5) is 6.42. The molecule has 1 aromatic heterocycles. The molecule has 0 bridgehead atoms. The Bertz CT molecular complexity index is 539. The van der Waals surface area contributed by atoms with Gasteiger partial charge < -0.3 is 15.2 Å². The smallest absolute Gasteiger partial charge is 0.260 e. The molecule has 2 N–H and O–H groups in total. The van der Waals surface area contributed by atoms with Gasteiger partial charge in [0.25, 0.3) is 5.89 Å². The van der Waals surface area contributed by atoms with Crippen molar-refractivity contribution in [2.75, 3.05) is 26.4 Å². The molecule has 1 heterocycles. The molecule has 18 heavy (non-hydrogen) atoms. The van der Waals surface area contributed by atoms with E-state index in [4.69, 9.17) is 10.3 Å². The first-order chi connectivity index (χ1) is 8.56. The van der Waals surface area contributed by atoms with Gasteiger partial charge in [-0.2, -0.15) is 4.98 Å². The summed E-state index contributed by atoms with van der Waals surface area (Å²) in [6.07, 6.45) is 0.754. The molecule has 0 aliphatic rings. The quantitative estimate of drug-likeness (QED) is 0.877. The number of aromatic nitrogens is 2. The summed E-state index contributed by atoms with van der Waals surface area (Å²) in [7, 11) is 4.01. The lowest BCUT2D eigenvalue weighted by Gasteiger charge is -2.05. The van der Waals surface area contributed by atoms with E-state index in [1.54, 1.807) is 0 Å². The topological polar surface area (TPSA) is 68.2 Å². The van der Waals surface area contributed by atoms with Crippen LogP contribution >= 0.6 is 15.9 Å². The molecular formula is C12H15BrN4O. The Morgan fingerprint density at radius 1 is 1.39 bits per heavy atom. The summed E-state index contributed by atoms with van der Waals surface area (Å²) >= 11 is 3.40. The van der Waals surface area contributed by atoms with Gasteiger partial charge in [0.1, 0.15) is 0 Å². The van der Waals surface area contributed by atoms with Crippen LogP contribution in [0.15, 0.2) is 27.2 Å². The van der Waals surface area contributed by atoms with E-state index in [1.165, 1.54) is 0 Å². The third kappa shape index (κ3) is 3.08. The van der Waals surface area contributed by atoms with E-state index >= 15 is 0 Å². The zero-order valence-corrected chi connectivity index (χ0v) is 11.9. The molecule has 0 aliphatic carbocycles. The van der Waals surface area contributed by atoms with Crippen LogP contribution in [0.5, 0.6) is 0 Å². The van der Waals surface area contributed by atoms with Gasteiger partial charge in [0.2, 0.25) is 0 Å². The van der Waals surface area contributed by atoms with Crippen molar-refractivity contribution in [2.45, 2.75) is 6.42 Å². The maximum Gasteiger partial charge on any atom is 0.260 e. The number of nitrogen functional groups attached to an aromatic ring is 1. The van der Waals surface area contributed by atoms with Crippen molar-refractivity contribution in [3.63, 3.8) is 0 Å². The summed E-state index contributed by atoms with van der Waals surface area (Å²) in [5, 5.41) is 3.95. The molecule has 0 saturated carbocycles. The average molecular weight is 311 g/mol. The lowest BCUT2D eigenvalue weighted by molar-refractivity contribution is 0.392. The first-order valence-electron chi connectivity index (χ1n) is 5.59. The molecule has 2 rings (SSSR count). The highest BCUT2D eigenvalue weighted by Crippen LogP contribution is 2.27. The Balaban J connectivity index is 2.21. The number of anilines is 1. The van der Waals surface area contributed by atoms with Crippen LogP contribution in [0.2, 0.25) is 0 Å². The fraction of sp³-hybridized carbons (Fsp3) is 0.333. The summed E-state index contributed by atoms with van der Waals surface area (Å²) in [6.45, 7) is 0.882. The Morgan fingerprint density at radius 2 is 2.17 bits per heavy atom. The van der Waals surface area contributed by atoms with Crippen LogP contribution < -0.4 is 5.73 Å². The van der Waals surface area contributed by atoms with Gasteiger partial charge in [-0.1, -0.05) is 21.1 Å². The standard InChI is InChI=1S/C12H15BrN4O/c1-17(2)6-5-11-15-12(18-16-11)9-7-8(13)3-4-10(9)14/h3-4,7H,5-6,14H2,1-2H3. The van der Waals surface area contributed by atoms with Crippen LogP contribution in [0.4, 0.5) is 5.69 Å². The first kappa shape index (κ1) is 13.0. The number of hydrogen-bond donors (Lipinski definition) is 1. The van der Waals surface area contributed by atoms with Crippen molar-refractivity contribution < 1.29 is 4.52 Å². The van der Waals surface area contributed by atoms with E-state index in [9.17, 15) is 0 Å². The second kappa shape index (κ2) is 5.49. The third-order valence-corrected chi connectivity index (χ3v) is 2.99. The van der Waals surface area contributed by atoms with E-state index in [2.05, 4.69) is 31.0 Å². The van der Waals surface area contributed by atoms with Crippen LogP contribution in [-0.2, 0) is 6.42 Å². The Morgan fingerprint density at radius 3 is 2.89 bits per heavy atom. The number of benzene rings is 1. The molecule has 2 aromatic rings. The van der Waals surface area contributed by atoms with Gasteiger partial charge in [-0.05, 0) is 32.3 Å². The molecular weight excluding hydrogens is 296 g/mol. The summed E-state index contributed by atoms with van der Waals surface area (Å²) < 4.78 is 6.17. The molecule has 5 nitrogen and oxygen atoms in total. The number of likely N-dealkylation sites (N-methyl/N-ethyl adjacent to an activating group) is 1. The minimum atomic E-state index is 0.461. The Labute approximate surface area is 114 Å². The molecule has 0 fully saturated rings. The molecule has 0 saturated heterocycles. The highest BCUT2D eigenvalue weighted by atomic mass is 79.9. The van der Waals surface area contributed by atoms with Crippen molar-refractivity contribution in [1.29, 1.82) is 0 Å². The molecule has 0 unspecified atom stereocenters. The molecule has 0 spiro atoms. The number of nitrogens with two attached hydrogens (primary N) is 1. The Kier molecular flexibility index (Phi) is 3.98. The van der Waals surface area contributed by atoms with Crippen LogP contribution in [0.1, 0.15) is 5.82 Å². The number of hydrogen-bond acceptors (Lipinski definition) is 5. The van der Waals surface area contributed by atoms with Gasteiger partial charge in [0, 0.05) is 23.1 Å². The first-order valence-corrected chi connectivity index (χ1v) is 6.38. The van der Waals surface area contributed by atoms with E-state index in [1.807, 2.05) is 32.3 Å². The molecule has 0 amide bonds. The summed E-state index contributed by atoms with van der Waals surface area (Å²) in [6, 6.07) is 5.56. The largest absolute Gasteiger partial charge is 0.398 e. The van der Waals surface area contributed by atoms with Crippen molar-refractivity contribution in [1.82, 2.24) is 15.0 Å². The van der Waals surface area contributed by atoms with Crippen LogP contribution in [0, 0.1) is 0 Å². The number of rotatable bonds is 4. The highest BCUT2D eigenvalue weighted by molar-refractivity contribution is 9.10. The predicted molar refractivity (Wildman–Crippen MR) is 74.1 cm³/mol. The zero-order valence-electron chi connectivity index (χ0n) is 10.4. The highest BCUT2D eigenvalue weighted by Gasteiger charge is 2.12. The molecule has 1 aromatic carbocycles. The third-order valence-electron chi connectivity index (χ3n) is 2.50. The van der Waals surface area contributed by atoms with E-state index in [0.29, 0.717) is 17.4 Å². The van der Waals surface area contributed by atoms with Gasteiger partial charge in [0.05, 0.1) is 5.56 Å². The minimum Gasteiger partial charge on any atom is -0.398 e. The van der Waals surface area contributed by atoms with Crippen molar-refractivity contribution in [3.8, 4) is 11.5 Å². The SMILES string of the molecule is CN(C)CCc1noc(-c2cc(Br)ccc2N)n1. The van der Waals surface area contributed by atoms with Gasteiger partial charge in [-0.25, -0.2) is 0 Å². The van der Waals surface area contributed by atoms with Gasteiger partial charge >= 0.3 is 0 Å². The van der Waals surface area contributed by atoms with Crippen LogP contribution in [0.25, 0.3) is 11.5 Å². The van der Waals surface area contributed by atoms with Gasteiger partial charge in [-0.3, -0.25) is 0 Å². The molecule has 96 valence electrons. The molecule has 0 aliphatic heterocycles. The lowest BCUT2D eigenvalue weighted by Crippen LogP contribution is -2.15. The van der Waals surface area contributed by atoms with Crippen LogP contribution in [-0.4, -0.2) is 35.7 Å². The lowest BCUT2D eigenvalue weighted by atomic mass is 10.2. The number of halogens is 1. The molecule has 0 atom stereocenters. The van der Waals surface area contributed by atoms with Gasteiger partial charge in [0.15, 0.2) is 5.82 Å². The summed E-state index contributed by atoms with van der Waals surface area (Å²) in [5.74, 6) is 1.15. The fourth-order valence-electron chi connectivity index (χ4n) is 1.50. The minimum absolute atomic E-state index is 0.461. The summed E-state index contributed by atoms with van der Waals surface area (Å²) in [5.41, 5.74) is 7.28. The average Bonchev–Trinajstić information content (AvgIpc) is 2.78. The second-order valence-corrected chi connectivity index (χ2v) is 5.22. The van der Waals surface area contributed by atoms with Crippen molar-refractivity contribution in [3.05, 3.63) is 28.5 Å². The maximum atomic E-state index is 5.90.